The Labute approximate surface area is 197 Å². The number of alkyl halides is 3. The van der Waals surface area contributed by atoms with Crippen LogP contribution in [-0.4, -0.2) is 41.3 Å². The van der Waals surface area contributed by atoms with Gasteiger partial charge in [-0.2, -0.15) is 13.2 Å². The fourth-order valence-electron chi connectivity index (χ4n) is 3.91. The molecule has 33 heavy (non-hydrogen) atoms. The van der Waals surface area contributed by atoms with Crippen LogP contribution in [0, 0.1) is 0 Å². The van der Waals surface area contributed by atoms with Crippen LogP contribution in [0.1, 0.15) is 24.4 Å². The van der Waals surface area contributed by atoms with Gasteiger partial charge in [-0.25, -0.2) is 13.6 Å². The van der Waals surface area contributed by atoms with E-state index in [1.54, 1.807) is 4.57 Å². The van der Waals surface area contributed by atoms with E-state index in [2.05, 4.69) is 20.5 Å². The molecule has 3 aromatic rings. The van der Waals surface area contributed by atoms with Gasteiger partial charge in [-0.3, -0.25) is 4.98 Å². The highest BCUT2D eigenvalue weighted by atomic mass is 35.5. The average Bonchev–Trinajstić information content (AvgIpc) is 3.22. The van der Waals surface area contributed by atoms with Crippen molar-refractivity contribution in [2.24, 2.45) is 5.14 Å². The van der Waals surface area contributed by atoms with Gasteiger partial charge in [-0.05, 0) is 44.1 Å². The van der Waals surface area contributed by atoms with Crippen molar-refractivity contribution >= 4 is 33.2 Å². The lowest BCUT2D eigenvalue weighted by molar-refractivity contribution is -0.137. The maximum atomic E-state index is 14.1. The number of hydrogen-bond donors (Lipinski definition) is 2. The fraction of sp³-hybridized carbons (Fsp3) is 0.316. The van der Waals surface area contributed by atoms with Crippen LogP contribution in [0.2, 0.25) is 10.0 Å². The molecule has 2 aromatic heterocycles. The van der Waals surface area contributed by atoms with E-state index in [0.29, 0.717) is 0 Å². The summed E-state index contributed by atoms with van der Waals surface area (Å²) >= 11 is 12.0. The van der Waals surface area contributed by atoms with Crippen molar-refractivity contribution in [3.63, 3.8) is 0 Å². The highest BCUT2D eigenvalue weighted by Gasteiger charge is 2.40. The highest BCUT2D eigenvalue weighted by Crippen LogP contribution is 2.46. The van der Waals surface area contributed by atoms with Crippen molar-refractivity contribution in [1.29, 1.82) is 0 Å². The summed E-state index contributed by atoms with van der Waals surface area (Å²) in [6.07, 6.45) is -0.830. The van der Waals surface area contributed by atoms with E-state index in [4.69, 9.17) is 28.3 Å². The molecule has 0 saturated carbocycles. The van der Waals surface area contributed by atoms with Gasteiger partial charge in [-0.1, -0.05) is 23.2 Å². The molecule has 0 atom stereocenters. The second-order valence-electron chi connectivity index (χ2n) is 7.43. The summed E-state index contributed by atoms with van der Waals surface area (Å²) in [4.78, 5) is 3.45. The Morgan fingerprint density at radius 1 is 1.18 bits per heavy atom. The molecule has 0 bridgehead atoms. The summed E-state index contributed by atoms with van der Waals surface area (Å²) in [7, 11) is -4.59. The Balaban J connectivity index is 2.05. The molecule has 0 unspecified atom stereocenters. The Kier molecular flexibility index (Phi) is 6.40. The molecule has 1 saturated heterocycles. The quantitative estimate of drug-likeness (QED) is 0.538. The van der Waals surface area contributed by atoms with Gasteiger partial charge in [0.2, 0.25) is 10.0 Å². The van der Waals surface area contributed by atoms with Crippen LogP contribution in [0.25, 0.3) is 22.6 Å². The number of piperidine rings is 1. The van der Waals surface area contributed by atoms with Crippen LogP contribution in [0.4, 0.5) is 13.2 Å². The first-order valence-corrected chi connectivity index (χ1v) is 12.0. The summed E-state index contributed by atoms with van der Waals surface area (Å²) in [5, 5.41) is 15.8. The van der Waals surface area contributed by atoms with E-state index in [9.17, 15) is 21.6 Å². The maximum Gasteiger partial charge on any atom is 0.418 e. The summed E-state index contributed by atoms with van der Waals surface area (Å²) in [5.74, 6) is 0.169. The number of primary sulfonamides is 1. The van der Waals surface area contributed by atoms with Gasteiger partial charge in [0, 0.05) is 23.4 Å². The molecule has 0 amide bonds. The zero-order valence-corrected chi connectivity index (χ0v) is 19.1. The number of rotatable bonds is 4. The monoisotopic (exact) mass is 520 g/mol. The third-order valence-corrected chi connectivity index (χ3v) is 6.79. The molecule has 4 rings (SSSR count). The number of pyridine rings is 1. The molecule has 0 radical (unpaired) electrons. The Hall–Kier alpha value is -2.25. The summed E-state index contributed by atoms with van der Waals surface area (Å²) in [6.45, 7) is 1.48. The maximum absolute atomic E-state index is 14.1. The van der Waals surface area contributed by atoms with E-state index in [1.807, 2.05) is 0 Å². The molecule has 1 fully saturated rings. The fourth-order valence-corrected chi connectivity index (χ4v) is 5.09. The molecular formula is C19H17Cl2F3N6O2S. The average molecular weight is 521 g/mol. The zero-order valence-electron chi connectivity index (χ0n) is 16.8. The minimum Gasteiger partial charge on any atom is -0.317 e. The van der Waals surface area contributed by atoms with Gasteiger partial charge < -0.3 is 9.88 Å². The number of aromatic nitrogens is 4. The largest absolute Gasteiger partial charge is 0.418 e. The van der Waals surface area contributed by atoms with Crippen LogP contribution >= 0.6 is 23.2 Å². The number of halogens is 5. The molecule has 1 aliphatic rings. The third kappa shape index (κ3) is 4.71. The molecule has 1 aromatic carbocycles. The molecule has 0 spiro atoms. The summed E-state index contributed by atoms with van der Waals surface area (Å²) in [6, 6.07) is 2.91. The molecule has 8 nitrogen and oxygen atoms in total. The van der Waals surface area contributed by atoms with E-state index in [1.165, 1.54) is 18.6 Å². The molecule has 0 aliphatic carbocycles. The Bertz CT molecular complexity index is 1310. The van der Waals surface area contributed by atoms with Crippen LogP contribution in [-0.2, 0) is 16.2 Å². The lowest BCUT2D eigenvalue weighted by atomic mass is 9.97. The number of nitrogens with zero attached hydrogens (tertiary/aromatic N) is 4. The molecule has 14 heteroatoms. The number of sulfonamides is 1. The van der Waals surface area contributed by atoms with Crippen LogP contribution in [0.5, 0.6) is 0 Å². The van der Waals surface area contributed by atoms with Crippen molar-refractivity contribution in [2.75, 3.05) is 13.1 Å². The summed E-state index contributed by atoms with van der Waals surface area (Å²) < 4.78 is 68.6. The van der Waals surface area contributed by atoms with Gasteiger partial charge in [-0.15, -0.1) is 10.2 Å². The molecule has 3 N–H and O–H groups in total. The Morgan fingerprint density at radius 3 is 2.52 bits per heavy atom. The SMILES string of the molecule is NS(=O)(=O)c1ccc(Cl)c(C(F)(F)F)c1-c1cc(Cl)cnc1-c1nncn1C1CCNCC1. The van der Waals surface area contributed by atoms with Crippen molar-refractivity contribution in [3.05, 3.63) is 46.3 Å². The summed E-state index contributed by atoms with van der Waals surface area (Å²) in [5.41, 5.74) is -2.38. The number of hydrogen-bond acceptors (Lipinski definition) is 6. The number of benzene rings is 1. The predicted molar refractivity (Wildman–Crippen MR) is 116 cm³/mol. The van der Waals surface area contributed by atoms with E-state index in [0.717, 1.165) is 38.1 Å². The normalized spacial score (nSPS) is 15.7. The van der Waals surface area contributed by atoms with Gasteiger partial charge in [0.15, 0.2) is 5.82 Å². The lowest BCUT2D eigenvalue weighted by Crippen LogP contribution is -2.29. The standard InChI is InChI=1S/C19H17Cl2F3N6O2S/c20-10-7-12(15-14(33(25,31)32)2-1-13(21)16(15)19(22,23)24)17(27-8-10)18-29-28-9-30(18)11-3-5-26-6-4-11/h1-2,7-9,11,26H,3-6H2,(H2,25,31,32). The minimum absolute atomic E-state index is 0.0184. The molecule has 176 valence electrons. The predicted octanol–water partition coefficient (Wildman–Crippen LogP) is 3.90. The lowest BCUT2D eigenvalue weighted by Gasteiger charge is -2.25. The molecule has 3 heterocycles. The van der Waals surface area contributed by atoms with E-state index >= 15 is 0 Å². The van der Waals surface area contributed by atoms with Crippen molar-refractivity contribution in [3.8, 4) is 22.6 Å². The van der Waals surface area contributed by atoms with Crippen LogP contribution in [0.3, 0.4) is 0 Å². The third-order valence-electron chi connectivity index (χ3n) is 5.32. The zero-order chi connectivity index (χ0) is 24.0. The number of nitrogens with one attached hydrogen (secondary N) is 1. The van der Waals surface area contributed by atoms with Crippen LogP contribution in [0.15, 0.2) is 35.6 Å². The highest BCUT2D eigenvalue weighted by molar-refractivity contribution is 7.89. The molecular weight excluding hydrogens is 504 g/mol. The van der Waals surface area contributed by atoms with Crippen molar-refractivity contribution in [1.82, 2.24) is 25.1 Å². The van der Waals surface area contributed by atoms with Crippen molar-refractivity contribution in [2.45, 2.75) is 30.0 Å². The van der Waals surface area contributed by atoms with E-state index in [-0.39, 0.29) is 28.1 Å². The second-order valence-corrected chi connectivity index (χ2v) is 9.80. The van der Waals surface area contributed by atoms with Gasteiger partial charge in [0.25, 0.3) is 0 Å². The topological polar surface area (TPSA) is 116 Å². The Morgan fingerprint density at radius 2 is 1.88 bits per heavy atom. The first kappa shape index (κ1) is 23.9. The van der Waals surface area contributed by atoms with Gasteiger partial charge in [0.1, 0.15) is 12.0 Å². The second kappa shape index (κ2) is 8.84. The smallest absolute Gasteiger partial charge is 0.317 e. The first-order valence-electron chi connectivity index (χ1n) is 9.67. The van der Waals surface area contributed by atoms with E-state index < -0.39 is 37.2 Å². The van der Waals surface area contributed by atoms with Crippen LogP contribution < -0.4 is 10.5 Å². The first-order chi connectivity index (χ1) is 15.5. The van der Waals surface area contributed by atoms with Gasteiger partial charge in [0.05, 0.1) is 20.5 Å². The van der Waals surface area contributed by atoms with Crippen molar-refractivity contribution < 1.29 is 21.6 Å². The minimum atomic E-state index is -5.00. The molecule has 1 aliphatic heterocycles. The van der Waals surface area contributed by atoms with Gasteiger partial charge >= 0.3 is 6.18 Å². The number of nitrogens with two attached hydrogens (primary N) is 1.